The average molecular weight is 271 g/mol. The van der Waals surface area contributed by atoms with E-state index in [1.165, 1.54) is 5.57 Å². The minimum absolute atomic E-state index is 0.109. The van der Waals surface area contributed by atoms with Crippen LogP contribution in [-0.2, 0) is 10.3 Å². The molecule has 0 radical (unpaired) electrons. The van der Waals surface area contributed by atoms with Gasteiger partial charge >= 0.3 is 0 Å². The molecule has 1 unspecified atom stereocenters. The second-order valence-corrected chi connectivity index (χ2v) is 6.02. The number of nitrogens with zero attached hydrogens (tertiary/aromatic N) is 1. The molecule has 2 heterocycles. The molecule has 0 aromatic carbocycles. The van der Waals surface area contributed by atoms with Crippen LogP contribution >= 0.6 is 0 Å². The van der Waals surface area contributed by atoms with Crippen LogP contribution in [0.15, 0.2) is 22.6 Å². The second-order valence-electron chi connectivity index (χ2n) is 6.02. The highest BCUT2D eigenvalue weighted by molar-refractivity contribution is 5.75. The number of ether oxygens (including phenoxy) is 1. The summed E-state index contributed by atoms with van der Waals surface area (Å²) in [4.78, 5) is 12.3. The Kier molecular flexibility index (Phi) is 2.72. The van der Waals surface area contributed by atoms with Crippen LogP contribution in [0.5, 0.6) is 0 Å². The van der Waals surface area contributed by atoms with Crippen molar-refractivity contribution in [2.45, 2.75) is 40.2 Å². The van der Waals surface area contributed by atoms with Gasteiger partial charge in [-0.25, -0.2) is 0 Å². The SMILES string of the molecule is CC.Cc1cn2c3c(c1=O)=CC1C=C1C=3OCC2(C)C. The third-order valence-corrected chi connectivity index (χ3v) is 4.08. The number of hydrogen-bond donors (Lipinski definition) is 0. The van der Waals surface area contributed by atoms with Crippen molar-refractivity contribution in [3.8, 4) is 0 Å². The Morgan fingerprint density at radius 3 is 2.70 bits per heavy atom. The lowest BCUT2D eigenvalue weighted by molar-refractivity contribution is 0.132. The molecule has 0 amide bonds. The van der Waals surface area contributed by atoms with Gasteiger partial charge in [0.05, 0.1) is 10.9 Å². The van der Waals surface area contributed by atoms with Crippen LogP contribution in [0.1, 0.15) is 33.3 Å². The first-order valence-corrected chi connectivity index (χ1v) is 7.33. The van der Waals surface area contributed by atoms with Gasteiger partial charge in [0.25, 0.3) is 0 Å². The minimum Gasteiger partial charge on any atom is -0.489 e. The number of hydrogen-bond acceptors (Lipinski definition) is 2. The molecule has 4 rings (SSSR count). The molecule has 1 aromatic rings. The van der Waals surface area contributed by atoms with E-state index in [4.69, 9.17) is 4.74 Å². The first kappa shape index (κ1) is 13.2. The summed E-state index contributed by atoms with van der Waals surface area (Å²) in [5.41, 5.74) is 2.08. The third-order valence-electron chi connectivity index (χ3n) is 4.08. The Morgan fingerprint density at radius 1 is 1.30 bits per heavy atom. The van der Waals surface area contributed by atoms with Crippen molar-refractivity contribution < 1.29 is 4.74 Å². The Bertz CT molecular complexity index is 794. The summed E-state index contributed by atoms with van der Waals surface area (Å²) in [5.74, 6) is 1.26. The Morgan fingerprint density at radius 2 is 2.00 bits per heavy atom. The van der Waals surface area contributed by atoms with Crippen LogP contribution in [0, 0.1) is 12.8 Å². The Balaban J connectivity index is 0.000000581. The molecular formula is C17H21NO2. The smallest absolute Gasteiger partial charge is 0.192 e. The number of rotatable bonds is 0. The van der Waals surface area contributed by atoms with Gasteiger partial charge in [-0.15, -0.1) is 0 Å². The molecule has 1 aliphatic heterocycles. The fourth-order valence-electron chi connectivity index (χ4n) is 2.93. The number of aryl methyl sites for hydroxylation is 1. The van der Waals surface area contributed by atoms with Gasteiger partial charge in [0.15, 0.2) is 5.43 Å². The van der Waals surface area contributed by atoms with Crippen molar-refractivity contribution in [2.75, 3.05) is 6.61 Å². The predicted octanol–water partition coefficient (Wildman–Crippen LogP) is 1.41. The normalized spacial score (nSPS) is 23.1. The zero-order chi connectivity index (χ0) is 14.7. The molecular weight excluding hydrogens is 250 g/mol. The van der Waals surface area contributed by atoms with E-state index in [-0.39, 0.29) is 11.0 Å². The zero-order valence-corrected chi connectivity index (χ0v) is 12.8. The summed E-state index contributed by atoms with van der Waals surface area (Å²) in [6.07, 6.45) is 6.21. The van der Waals surface area contributed by atoms with Crippen LogP contribution in [0.3, 0.4) is 0 Å². The molecule has 0 bridgehead atoms. The molecule has 1 aromatic heterocycles. The van der Waals surface area contributed by atoms with E-state index in [1.807, 2.05) is 27.0 Å². The van der Waals surface area contributed by atoms with E-state index in [0.29, 0.717) is 12.5 Å². The molecule has 0 saturated heterocycles. The zero-order valence-electron chi connectivity index (χ0n) is 12.8. The highest BCUT2D eigenvalue weighted by atomic mass is 16.5. The van der Waals surface area contributed by atoms with Crippen LogP contribution in [0.4, 0.5) is 0 Å². The van der Waals surface area contributed by atoms with Crippen molar-refractivity contribution in [3.05, 3.63) is 44.2 Å². The van der Waals surface area contributed by atoms with E-state index in [2.05, 4.69) is 30.6 Å². The van der Waals surface area contributed by atoms with Gasteiger partial charge in [-0.1, -0.05) is 26.0 Å². The monoisotopic (exact) mass is 271 g/mol. The maximum absolute atomic E-state index is 12.3. The molecule has 0 saturated carbocycles. The van der Waals surface area contributed by atoms with E-state index in [9.17, 15) is 4.79 Å². The molecule has 3 aliphatic rings. The lowest BCUT2D eigenvalue weighted by Crippen LogP contribution is -2.56. The molecule has 3 heteroatoms. The number of fused-ring (bicyclic) bond motifs is 2. The van der Waals surface area contributed by atoms with E-state index in [0.717, 1.165) is 21.9 Å². The summed E-state index contributed by atoms with van der Waals surface area (Å²) < 4.78 is 8.13. The summed E-state index contributed by atoms with van der Waals surface area (Å²) in [5, 5.41) is 1.79. The van der Waals surface area contributed by atoms with Crippen molar-refractivity contribution in [1.29, 1.82) is 0 Å². The van der Waals surface area contributed by atoms with E-state index < -0.39 is 0 Å². The summed E-state index contributed by atoms with van der Waals surface area (Å²) in [6, 6.07) is 0. The third kappa shape index (κ3) is 1.62. The first-order chi connectivity index (χ1) is 9.49. The molecule has 1 atom stereocenters. The summed E-state index contributed by atoms with van der Waals surface area (Å²) >= 11 is 0. The molecule has 2 aliphatic carbocycles. The molecule has 20 heavy (non-hydrogen) atoms. The standard InChI is InChI=1S/C15H15NO2.C2H6/c1-8-6-16-12-11(13(8)17)5-9-4-10(9)14(12)18-7-15(16,2)3;1-2/h4-6,9H,7H2,1-3H3;1-2H3. The summed E-state index contributed by atoms with van der Waals surface area (Å²) in [6.45, 7) is 10.8. The van der Waals surface area contributed by atoms with Gasteiger partial charge in [0, 0.05) is 28.5 Å². The van der Waals surface area contributed by atoms with Crippen LogP contribution in [-0.4, -0.2) is 11.2 Å². The largest absolute Gasteiger partial charge is 0.489 e. The van der Waals surface area contributed by atoms with Gasteiger partial charge in [0.1, 0.15) is 12.4 Å². The van der Waals surface area contributed by atoms with Crippen LogP contribution in [0.25, 0.3) is 11.8 Å². The fourth-order valence-corrected chi connectivity index (χ4v) is 2.93. The van der Waals surface area contributed by atoms with E-state index >= 15 is 0 Å². The molecule has 0 N–H and O–H groups in total. The lowest BCUT2D eigenvalue weighted by atomic mass is 9.99. The molecule has 106 valence electrons. The first-order valence-electron chi connectivity index (χ1n) is 7.33. The fraction of sp³-hybridized carbons (Fsp3) is 0.471. The van der Waals surface area contributed by atoms with Crippen molar-refractivity contribution >= 4 is 11.8 Å². The Hall–Kier alpha value is -1.77. The van der Waals surface area contributed by atoms with Crippen molar-refractivity contribution in [2.24, 2.45) is 5.92 Å². The highest BCUT2D eigenvalue weighted by Gasteiger charge is 2.37. The van der Waals surface area contributed by atoms with Gasteiger partial charge in [-0.05, 0) is 20.8 Å². The summed E-state index contributed by atoms with van der Waals surface area (Å²) in [7, 11) is 0. The van der Waals surface area contributed by atoms with Crippen molar-refractivity contribution in [3.63, 3.8) is 0 Å². The van der Waals surface area contributed by atoms with Gasteiger partial charge < -0.3 is 9.30 Å². The molecule has 3 nitrogen and oxygen atoms in total. The Labute approximate surface area is 118 Å². The minimum atomic E-state index is -0.109. The number of aromatic nitrogens is 1. The maximum Gasteiger partial charge on any atom is 0.192 e. The molecule has 0 spiro atoms. The number of allylic oxidation sites excluding steroid dienone is 1. The highest BCUT2D eigenvalue weighted by Crippen LogP contribution is 2.40. The average Bonchev–Trinajstić information content (AvgIpc) is 3.20. The lowest BCUT2D eigenvalue weighted by Gasteiger charge is -2.35. The quantitative estimate of drug-likeness (QED) is 0.714. The van der Waals surface area contributed by atoms with Gasteiger partial charge in [-0.2, -0.15) is 0 Å². The number of pyridine rings is 1. The van der Waals surface area contributed by atoms with Crippen LogP contribution < -0.4 is 16.0 Å². The predicted molar refractivity (Wildman–Crippen MR) is 80.8 cm³/mol. The van der Waals surface area contributed by atoms with Crippen molar-refractivity contribution in [1.82, 2.24) is 4.57 Å². The van der Waals surface area contributed by atoms with Crippen LogP contribution in [0.2, 0.25) is 0 Å². The second kappa shape index (κ2) is 4.11. The maximum atomic E-state index is 12.3. The molecule has 0 fully saturated rings. The van der Waals surface area contributed by atoms with E-state index in [1.54, 1.807) is 0 Å². The van der Waals surface area contributed by atoms with Gasteiger partial charge in [0.2, 0.25) is 0 Å². The topological polar surface area (TPSA) is 31.2 Å². The van der Waals surface area contributed by atoms with Gasteiger partial charge in [-0.3, -0.25) is 4.79 Å².